The molecule has 0 aliphatic heterocycles. The number of anilines is 1. The van der Waals surface area contributed by atoms with Crippen LogP contribution in [0.3, 0.4) is 0 Å². The molecule has 0 spiro atoms. The van der Waals surface area contributed by atoms with Crippen LogP contribution in [0.4, 0.5) is 10.1 Å². The van der Waals surface area contributed by atoms with Crippen LogP contribution in [0.15, 0.2) is 42.5 Å². The summed E-state index contributed by atoms with van der Waals surface area (Å²) in [4.78, 5) is 0. The first-order chi connectivity index (χ1) is 10.1. The summed E-state index contributed by atoms with van der Waals surface area (Å²) in [6, 6.07) is 13.6. The minimum absolute atomic E-state index is 0.0470. The second-order valence-corrected chi connectivity index (χ2v) is 5.06. The molecule has 2 rings (SSSR count). The molecule has 1 atom stereocenters. The zero-order chi connectivity index (χ0) is 15.2. The molecule has 0 fully saturated rings. The van der Waals surface area contributed by atoms with Gasteiger partial charge in [0.25, 0.3) is 0 Å². The van der Waals surface area contributed by atoms with Gasteiger partial charge in [-0.2, -0.15) is 5.26 Å². The van der Waals surface area contributed by atoms with Gasteiger partial charge in [0, 0.05) is 11.7 Å². The van der Waals surface area contributed by atoms with Gasteiger partial charge in [-0.05, 0) is 55.7 Å². The largest absolute Gasteiger partial charge is 0.508 e. The lowest BCUT2D eigenvalue weighted by Gasteiger charge is -2.15. The molecule has 2 N–H and O–H groups in total. The summed E-state index contributed by atoms with van der Waals surface area (Å²) < 4.78 is 13.2. The van der Waals surface area contributed by atoms with Gasteiger partial charge in [0.15, 0.2) is 0 Å². The highest BCUT2D eigenvalue weighted by Gasteiger charge is 2.06. The third kappa shape index (κ3) is 4.22. The SMILES string of the molecule is CC(CCc1ccc(O)cc1)Nc1ccc(F)c(C#N)c1. The van der Waals surface area contributed by atoms with E-state index in [4.69, 9.17) is 5.26 Å². The van der Waals surface area contributed by atoms with E-state index >= 15 is 0 Å². The molecule has 3 nitrogen and oxygen atoms in total. The minimum Gasteiger partial charge on any atom is -0.508 e. The highest BCUT2D eigenvalue weighted by atomic mass is 19.1. The van der Waals surface area contributed by atoms with Crippen LogP contribution in [-0.4, -0.2) is 11.1 Å². The molecule has 0 saturated carbocycles. The highest BCUT2D eigenvalue weighted by molar-refractivity contribution is 5.50. The average Bonchev–Trinajstić information content (AvgIpc) is 2.48. The number of aryl methyl sites for hydroxylation is 1. The lowest BCUT2D eigenvalue weighted by Crippen LogP contribution is -2.16. The van der Waals surface area contributed by atoms with E-state index in [-0.39, 0.29) is 17.4 Å². The van der Waals surface area contributed by atoms with Crippen molar-refractivity contribution >= 4 is 5.69 Å². The zero-order valence-corrected chi connectivity index (χ0v) is 11.8. The molecule has 0 radical (unpaired) electrons. The van der Waals surface area contributed by atoms with Crippen LogP contribution in [-0.2, 0) is 6.42 Å². The first-order valence-corrected chi connectivity index (χ1v) is 6.82. The van der Waals surface area contributed by atoms with E-state index in [0.717, 1.165) is 24.1 Å². The molecule has 0 amide bonds. The van der Waals surface area contributed by atoms with Gasteiger partial charge in [-0.25, -0.2) is 4.39 Å². The number of phenols is 1. The molecule has 0 aliphatic carbocycles. The van der Waals surface area contributed by atoms with Gasteiger partial charge in [-0.15, -0.1) is 0 Å². The molecule has 0 bridgehead atoms. The molecular weight excluding hydrogens is 267 g/mol. The number of benzene rings is 2. The normalized spacial score (nSPS) is 11.7. The monoisotopic (exact) mass is 284 g/mol. The fourth-order valence-corrected chi connectivity index (χ4v) is 2.10. The third-order valence-electron chi connectivity index (χ3n) is 3.30. The number of nitrogens with one attached hydrogen (secondary N) is 1. The molecule has 0 aliphatic rings. The molecule has 108 valence electrons. The maximum atomic E-state index is 13.2. The molecule has 0 aromatic heterocycles. The summed E-state index contributed by atoms with van der Waals surface area (Å²) in [6.45, 7) is 2.04. The molecule has 21 heavy (non-hydrogen) atoms. The van der Waals surface area contributed by atoms with Crippen LogP contribution in [0.2, 0.25) is 0 Å². The van der Waals surface area contributed by atoms with E-state index in [9.17, 15) is 9.50 Å². The van der Waals surface area contributed by atoms with Crippen LogP contribution in [0.5, 0.6) is 5.75 Å². The van der Waals surface area contributed by atoms with Crippen LogP contribution >= 0.6 is 0 Å². The Morgan fingerprint density at radius 2 is 1.95 bits per heavy atom. The lowest BCUT2D eigenvalue weighted by molar-refractivity contribution is 0.475. The Balaban J connectivity index is 1.91. The lowest BCUT2D eigenvalue weighted by atomic mass is 10.1. The number of halogens is 1. The average molecular weight is 284 g/mol. The van der Waals surface area contributed by atoms with Crippen LogP contribution < -0.4 is 5.32 Å². The van der Waals surface area contributed by atoms with Crippen molar-refractivity contribution in [3.8, 4) is 11.8 Å². The Morgan fingerprint density at radius 1 is 1.24 bits per heavy atom. The topological polar surface area (TPSA) is 56.0 Å². The van der Waals surface area contributed by atoms with Gasteiger partial charge < -0.3 is 10.4 Å². The van der Waals surface area contributed by atoms with Crippen molar-refractivity contribution in [1.82, 2.24) is 0 Å². The number of phenolic OH excluding ortho intramolecular Hbond substituents is 1. The Bertz CT molecular complexity index is 647. The van der Waals surface area contributed by atoms with Gasteiger partial charge in [0.1, 0.15) is 17.6 Å². The minimum atomic E-state index is -0.500. The Labute approximate surface area is 123 Å². The van der Waals surface area contributed by atoms with Crippen molar-refractivity contribution in [1.29, 1.82) is 5.26 Å². The summed E-state index contributed by atoms with van der Waals surface area (Å²) in [6.07, 6.45) is 1.77. The number of hydrogen-bond acceptors (Lipinski definition) is 3. The molecule has 2 aromatic carbocycles. The fraction of sp³-hybridized carbons (Fsp3) is 0.235. The second kappa shape index (κ2) is 6.76. The standard InChI is InChI=1S/C17H17FN2O/c1-12(2-3-13-4-7-16(21)8-5-13)20-15-6-9-17(18)14(10-15)11-19/h4-10,12,20-21H,2-3H2,1H3. The number of aromatic hydroxyl groups is 1. The van der Waals surface area contributed by atoms with Gasteiger partial charge in [0.05, 0.1) is 5.56 Å². The van der Waals surface area contributed by atoms with E-state index in [1.165, 1.54) is 12.1 Å². The van der Waals surface area contributed by atoms with Gasteiger partial charge in [0.2, 0.25) is 0 Å². The predicted octanol–water partition coefficient (Wildman–Crippen LogP) is 3.84. The number of nitrogens with zero attached hydrogens (tertiary/aromatic N) is 1. The van der Waals surface area contributed by atoms with Gasteiger partial charge >= 0.3 is 0 Å². The number of nitriles is 1. The van der Waals surface area contributed by atoms with Gasteiger partial charge in [-0.3, -0.25) is 0 Å². The van der Waals surface area contributed by atoms with Crippen LogP contribution in [0.1, 0.15) is 24.5 Å². The van der Waals surface area contributed by atoms with Crippen molar-refractivity contribution in [3.63, 3.8) is 0 Å². The quantitative estimate of drug-likeness (QED) is 0.877. The highest BCUT2D eigenvalue weighted by Crippen LogP contribution is 2.17. The van der Waals surface area contributed by atoms with Crippen molar-refractivity contribution in [2.24, 2.45) is 0 Å². The molecule has 0 saturated heterocycles. The Morgan fingerprint density at radius 3 is 2.62 bits per heavy atom. The van der Waals surface area contributed by atoms with Crippen LogP contribution in [0, 0.1) is 17.1 Å². The molecular formula is C17H17FN2O. The molecule has 1 unspecified atom stereocenters. The molecule has 0 heterocycles. The summed E-state index contributed by atoms with van der Waals surface area (Å²) in [7, 11) is 0. The van der Waals surface area contributed by atoms with Crippen molar-refractivity contribution in [2.45, 2.75) is 25.8 Å². The van der Waals surface area contributed by atoms with E-state index in [0.29, 0.717) is 0 Å². The molecule has 2 aromatic rings. The maximum Gasteiger partial charge on any atom is 0.141 e. The maximum absolute atomic E-state index is 13.2. The number of rotatable bonds is 5. The first kappa shape index (κ1) is 14.9. The molecule has 4 heteroatoms. The summed E-state index contributed by atoms with van der Waals surface area (Å²) >= 11 is 0. The van der Waals surface area contributed by atoms with E-state index in [1.807, 2.05) is 25.1 Å². The Kier molecular flexibility index (Phi) is 4.78. The van der Waals surface area contributed by atoms with E-state index in [2.05, 4.69) is 5.32 Å². The van der Waals surface area contributed by atoms with Crippen molar-refractivity contribution in [2.75, 3.05) is 5.32 Å². The van der Waals surface area contributed by atoms with Crippen molar-refractivity contribution in [3.05, 3.63) is 59.4 Å². The second-order valence-electron chi connectivity index (χ2n) is 5.06. The van der Waals surface area contributed by atoms with E-state index in [1.54, 1.807) is 18.2 Å². The predicted molar refractivity (Wildman–Crippen MR) is 80.6 cm³/mol. The Hall–Kier alpha value is -2.54. The summed E-state index contributed by atoms with van der Waals surface area (Å²) in [5, 5.41) is 21.3. The first-order valence-electron chi connectivity index (χ1n) is 6.82. The fourth-order valence-electron chi connectivity index (χ4n) is 2.10. The smallest absolute Gasteiger partial charge is 0.141 e. The van der Waals surface area contributed by atoms with E-state index < -0.39 is 5.82 Å². The van der Waals surface area contributed by atoms with Gasteiger partial charge in [-0.1, -0.05) is 12.1 Å². The summed E-state index contributed by atoms with van der Waals surface area (Å²) in [5.41, 5.74) is 1.94. The number of hydrogen-bond donors (Lipinski definition) is 2. The summed E-state index contributed by atoms with van der Waals surface area (Å²) in [5.74, 6) is -0.236. The third-order valence-corrected chi connectivity index (χ3v) is 3.30. The van der Waals surface area contributed by atoms with Crippen LogP contribution in [0.25, 0.3) is 0 Å². The van der Waals surface area contributed by atoms with Crippen molar-refractivity contribution < 1.29 is 9.50 Å². The zero-order valence-electron chi connectivity index (χ0n) is 11.8.